The van der Waals surface area contributed by atoms with Crippen molar-refractivity contribution in [2.24, 2.45) is 11.3 Å². The number of ether oxygens (including phenoxy) is 1. The fraction of sp³-hybridized carbons (Fsp3) is 0.667. The number of likely N-dealkylation sites (tertiary alicyclic amines) is 2. The maximum absolute atomic E-state index is 14.0. The number of benzene rings is 1. The number of hydrogen-bond donors (Lipinski definition) is 2. The van der Waals surface area contributed by atoms with E-state index in [0.29, 0.717) is 19.4 Å². The summed E-state index contributed by atoms with van der Waals surface area (Å²) in [4.78, 5) is 43.1. The van der Waals surface area contributed by atoms with Crippen molar-refractivity contribution in [1.29, 1.82) is 0 Å². The van der Waals surface area contributed by atoms with E-state index in [-0.39, 0.29) is 48.1 Å². The number of amides is 4. The highest BCUT2D eigenvalue weighted by Gasteiger charge is 2.54. The van der Waals surface area contributed by atoms with Crippen LogP contribution >= 0.6 is 0 Å². The lowest BCUT2D eigenvalue weighted by Gasteiger charge is -2.37. The van der Waals surface area contributed by atoms with Gasteiger partial charge in [-0.1, -0.05) is 34.6 Å². The summed E-state index contributed by atoms with van der Waals surface area (Å²) in [5.41, 5.74) is -0.567. The Balaban J connectivity index is 1.92. The van der Waals surface area contributed by atoms with Gasteiger partial charge < -0.3 is 25.2 Å². The first-order chi connectivity index (χ1) is 17.2. The van der Waals surface area contributed by atoms with Gasteiger partial charge in [0.1, 0.15) is 17.9 Å². The van der Waals surface area contributed by atoms with Gasteiger partial charge in [0.2, 0.25) is 11.8 Å². The topological polar surface area (TPSA) is 91.0 Å². The van der Waals surface area contributed by atoms with E-state index < -0.39 is 35.2 Å². The number of hydrogen-bond acceptors (Lipinski definition) is 4. The van der Waals surface area contributed by atoms with E-state index in [1.807, 2.05) is 48.5 Å². The molecule has 0 spiro atoms. The van der Waals surface area contributed by atoms with E-state index in [9.17, 15) is 23.2 Å². The summed E-state index contributed by atoms with van der Waals surface area (Å²) in [5.74, 6) is -2.59. The van der Waals surface area contributed by atoms with Crippen LogP contribution in [0, 0.1) is 23.0 Å². The summed E-state index contributed by atoms with van der Waals surface area (Å²) in [6, 6.07) is 1.31. The third kappa shape index (κ3) is 6.33. The van der Waals surface area contributed by atoms with Crippen molar-refractivity contribution in [1.82, 2.24) is 20.4 Å². The number of fused-ring (bicyclic) bond motifs is 1. The molecule has 0 bridgehead atoms. The summed E-state index contributed by atoms with van der Waals surface area (Å²) in [5, 5.41) is 5.84. The summed E-state index contributed by atoms with van der Waals surface area (Å²) in [6.07, 6.45) is 0.524. The SMILES string of the molecule is CC[C@@H](C)C(=O)N[C@H](C(=O)N1CC[C@@H]2[C@H]1[C@@H](Oc1ccc(F)c(F)c1)CN2C(=O)NC(C)C)C(C)(C)C. The highest BCUT2D eigenvalue weighted by Crippen LogP contribution is 2.36. The Labute approximate surface area is 218 Å². The smallest absolute Gasteiger partial charge is 0.318 e. The van der Waals surface area contributed by atoms with Crippen molar-refractivity contribution in [2.45, 2.75) is 91.6 Å². The van der Waals surface area contributed by atoms with Crippen LogP contribution in [0.4, 0.5) is 13.6 Å². The molecule has 2 fully saturated rings. The van der Waals surface area contributed by atoms with Gasteiger partial charge in [0.05, 0.1) is 18.6 Å². The monoisotopic (exact) mass is 522 g/mol. The van der Waals surface area contributed by atoms with E-state index in [2.05, 4.69) is 10.6 Å². The molecule has 2 saturated heterocycles. The van der Waals surface area contributed by atoms with Crippen LogP contribution in [-0.2, 0) is 9.59 Å². The molecule has 0 radical (unpaired) electrons. The highest BCUT2D eigenvalue weighted by atomic mass is 19.2. The summed E-state index contributed by atoms with van der Waals surface area (Å²) in [6.45, 7) is 13.7. The molecule has 37 heavy (non-hydrogen) atoms. The predicted octanol–water partition coefficient (Wildman–Crippen LogP) is 3.69. The Bertz CT molecular complexity index is 1010. The largest absolute Gasteiger partial charge is 0.486 e. The molecule has 206 valence electrons. The Morgan fingerprint density at radius 3 is 2.32 bits per heavy atom. The second-order valence-corrected chi connectivity index (χ2v) is 11.5. The second-order valence-electron chi connectivity index (χ2n) is 11.5. The molecule has 1 aromatic carbocycles. The van der Waals surface area contributed by atoms with Crippen LogP contribution in [0.1, 0.15) is 61.3 Å². The number of carbonyl (C=O) groups is 3. The third-order valence-electron chi connectivity index (χ3n) is 7.17. The van der Waals surface area contributed by atoms with Crippen LogP contribution in [0.25, 0.3) is 0 Å². The van der Waals surface area contributed by atoms with Crippen molar-refractivity contribution in [3.05, 3.63) is 29.8 Å². The number of halogens is 2. The van der Waals surface area contributed by atoms with Gasteiger partial charge in [-0.25, -0.2) is 13.6 Å². The second kappa shape index (κ2) is 11.2. The Morgan fingerprint density at radius 2 is 1.76 bits per heavy atom. The van der Waals surface area contributed by atoms with E-state index in [0.717, 1.165) is 12.1 Å². The molecule has 4 amide bonds. The number of nitrogens with zero attached hydrogens (tertiary/aromatic N) is 2. The third-order valence-corrected chi connectivity index (χ3v) is 7.17. The molecule has 1 aromatic rings. The summed E-state index contributed by atoms with van der Waals surface area (Å²) >= 11 is 0. The van der Waals surface area contributed by atoms with Crippen molar-refractivity contribution in [3.8, 4) is 5.75 Å². The van der Waals surface area contributed by atoms with Crippen molar-refractivity contribution < 1.29 is 27.9 Å². The molecule has 10 heteroatoms. The molecule has 3 rings (SSSR count). The zero-order chi connectivity index (χ0) is 27.7. The highest BCUT2D eigenvalue weighted by molar-refractivity contribution is 5.89. The summed E-state index contributed by atoms with van der Waals surface area (Å²) in [7, 11) is 0. The van der Waals surface area contributed by atoms with Crippen LogP contribution in [0.2, 0.25) is 0 Å². The minimum atomic E-state index is -1.04. The van der Waals surface area contributed by atoms with E-state index in [1.165, 1.54) is 6.07 Å². The quantitative estimate of drug-likeness (QED) is 0.572. The molecule has 2 aliphatic heterocycles. The van der Waals surface area contributed by atoms with Gasteiger partial charge in [-0.2, -0.15) is 0 Å². The number of carbonyl (C=O) groups excluding carboxylic acids is 3. The average Bonchev–Trinajstić information content (AvgIpc) is 3.39. The van der Waals surface area contributed by atoms with Crippen LogP contribution < -0.4 is 15.4 Å². The Hall–Kier alpha value is -2.91. The molecule has 2 N–H and O–H groups in total. The fourth-order valence-electron chi connectivity index (χ4n) is 4.96. The molecular formula is C27H40F2N4O4. The Morgan fingerprint density at radius 1 is 1.08 bits per heavy atom. The van der Waals surface area contributed by atoms with Crippen molar-refractivity contribution in [2.75, 3.05) is 13.1 Å². The van der Waals surface area contributed by atoms with Gasteiger partial charge >= 0.3 is 6.03 Å². The molecule has 0 unspecified atom stereocenters. The first-order valence-corrected chi connectivity index (χ1v) is 13.0. The standard InChI is InChI=1S/C27H40F2N4O4/c1-8-16(4)24(34)31-23(27(5,6)7)25(35)32-12-11-20-22(32)21(14-33(20)26(36)30-15(2)3)37-17-9-10-18(28)19(29)13-17/h9-10,13,15-16,20-23H,8,11-12,14H2,1-7H3,(H,30,36)(H,31,34)/t16-,20-,21+,22+,23-/m1/s1. The maximum Gasteiger partial charge on any atom is 0.318 e. The van der Waals surface area contributed by atoms with Gasteiger partial charge in [0.25, 0.3) is 0 Å². The fourth-order valence-corrected chi connectivity index (χ4v) is 4.96. The zero-order valence-electron chi connectivity index (χ0n) is 22.8. The van der Waals surface area contributed by atoms with Gasteiger partial charge in [0, 0.05) is 24.6 Å². The van der Waals surface area contributed by atoms with Crippen LogP contribution in [0.3, 0.4) is 0 Å². The van der Waals surface area contributed by atoms with Gasteiger partial charge in [-0.3, -0.25) is 9.59 Å². The molecule has 2 heterocycles. The summed E-state index contributed by atoms with van der Waals surface area (Å²) < 4.78 is 33.5. The molecule has 8 nitrogen and oxygen atoms in total. The molecule has 0 aromatic heterocycles. The maximum atomic E-state index is 14.0. The normalized spacial score (nSPS) is 23.0. The average molecular weight is 523 g/mol. The van der Waals surface area contributed by atoms with Crippen molar-refractivity contribution in [3.63, 3.8) is 0 Å². The van der Waals surface area contributed by atoms with Crippen LogP contribution in [0.15, 0.2) is 18.2 Å². The number of rotatable bonds is 7. The molecule has 5 atom stereocenters. The number of urea groups is 1. The molecule has 2 aliphatic rings. The number of nitrogens with one attached hydrogen (secondary N) is 2. The van der Waals surface area contributed by atoms with Crippen LogP contribution in [0.5, 0.6) is 5.75 Å². The van der Waals surface area contributed by atoms with E-state index in [4.69, 9.17) is 4.74 Å². The first-order valence-electron chi connectivity index (χ1n) is 13.0. The van der Waals surface area contributed by atoms with E-state index in [1.54, 1.807) is 9.80 Å². The van der Waals surface area contributed by atoms with Gasteiger partial charge in [0.15, 0.2) is 11.6 Å². The lowest BCUT2D eigenvalue weighted by atomic mass is 9.85. The zero-order valence-corrected chi connectivity index (χ0v) is 22.8. The minimum absolute atomic E-state index is 0.0858. The van der Waals surface area contributed by atoms with Crippen LogP contribution in [-0.4, -0.2) is 71.0 Å². The van der Waals surface area contributed by atoms with Gasteiger partial charge in [-0.15, -0.1) is 0 Å². The molecular weight excluding hydrogens is 482 g/mol. The lowest BCUT2D eigenvalue weighted by Crippen LogP contribution is -2.58. The van der Waals surface area contributed by atoms with Crippen molar-refractivity contribution >= 4 is 17.8 Å². The van der Waals surface area contributed by atoms with Gasteiger partial charge in [-0.05, 0) is 44.2 Å². The molecule has 0 saturated carbocycles. The predicted molar refractivity (Wildman–Crippen MR) is 136 cm³/mol. The molecule has 0 aliphatic carbocycles. The lowest BCUT2D eigenvalue weighted by molar-refractivity contribution is -0.142. The minimum Gasteiger partial charge on any atom is -0.486 e. The first kappa shape index (κ1) is 28.7. The Kier molecular flexibility index (Phi) is 8.70. The van der Waals surface area contributed by atoms with E-state index >= 15 is 0 Å².